The number of carbonyl (C=O) groups excluding carboxylic acids is 1. The highest BCUT2D eigenvalue weighted by Crippen LogP contribution is 2.17. The predicted octanol–water partition coefficient (Wildman–Crippen LogP) is 4.54. The van der Waals surface area contributed by atoms with Gasteiger partial charge in [-0.1, -0.05) is 18.2 Å². The van der Waals surface area contributed by atoms with Crippen LogP contribution in [0.1, 0.15) is 33.5 Å². The lowest BCUT2D eigenvalue weighted by atomic mass is 9.99. The van der Waals surface area contributed by atoms with Gasteiger partial charge in [0.25, 0.3) is 0 Å². The van der Waals surface area contributed by atoms with E-state index in [0.717, 1.165) is 28.8 Å². The molecule has 2 aromatic rings. The van der Waals surface area contributed by atoms with Gasteiger partial charge in [0.2, 0.25) is 0 Å². The molecule has 0 saturated carbocycles. The van der Waals surface area contributed by atoms with Gasteiger partial charge in [0.05, 0.1) is 0 Å². The first kappa shape index (κ1) is 15.3. The number of hydrogen-bond acceptors (Lipinski definition) is 1. The fourth-order valence-corrected chi connectivity index (χ4v) is 2.08. The lowest BCUT2D eigenvalue weighted by molar-refractivity contribution is 0.0981. The van der Waals surface area contributed by atoms with Gasteiger partial charge in [0.1, 0.15) is 0 Å². The zero-order valence-corrected chi connectivity index (χ0v) is 11.8. The Morgan fingerprint density at radius 1 is 0.952 bits per heavy atom. The van der Waals surface area contributed by atoms with Crippen molar-refractivity contribution in [2.45, 2.75) is 26.7 Å². The van der Waals surface area contributed by atoms with Crippen molar-refractivity contribution in [3.63, 3.8) is 0 Å². The summed E-state index contributed by atoms with van der Waals surface area (Å²) in [6.07, 6.45) is 0.591. The molecular formula is C17H15F3O. The second kappa shape index (κ2) is 6.12. The molecule has 0 aliphatic rings. The lowest BCUT2D eigenvalue weighted by Crippen LogP contribution is -2.04. The number of hydrogen-bond donors (Lipinski definition) is 0. The van der Waals surface area contributed by atoms with E-state index in [-0.39, 0.29) is 12.0 Å². The molecule has 0 bridgehead atoms. The summed E-state index contributed by atoms with van der Waals surface area (Å²) in [6.45, 7) is 3.97. The summed E-state index contributed by atoms with van der Waals surface area (Å²) in [6, 6.07) is 7.34. The maximum atomic E-state index is 13.1. The molecular weight excluding hydrogens is 277 g/mol. The lowest BCUT2D eigenvalue weighted by Gasteiger charge is -2.06. The van der Waals surface area contributed by atoms with Gasteiger partial charge >= 0.3 is 0 Å². The molecule has 0 aliphatic carbocycles. The molecule has 0 radical (unpaired) electrons. The van der Waals surface area contributed by atoms with Gasteiger partial charge in [-0.2, -0.15) is 0 Å². The quantitative estimate of drug-likeness (QED) is 0.597. The van der Waals surface area contributed by atoms with Crippen molar-refractivity contribution < 1.29 is 18.0 Å². The van der Waals surface area contributed by atoms with E-state index in [9.17, 15) is 18.0 Å². The topological polar surface area (TPSA) is 17.1 Å². The molecule has 2 rings (SSSR count). The molecule has 0 unspecified atom stereocenters. The minimum absolute atomic E-state index is 0.118. The maximum absolute atomic E-state index is 13.1. The summed E-state index contributed by atoms with van der Waals surface area (Å²) in [4.78, 5) is 11.9. The zero-order valence-electron chi connectivity index (χ0n) is 11.8. The Morgan fingerprint density at radius 3 is 2.14 bits per heavy atom. The molecule has 110 valence electrons. The predicted molar refractivity (Wildman–Crippen MR) is 74.9 cm³/mol. The van der Waals surface area contributed by atoms with E-state index in [1.807, 2.05) is 32.0 Å². The van der Waals surface area contributed by atoms with Crippen LogP contribution in [-0.2, 0) is 6.42 Å². The number of Topliss-reactive ketones (excluding diaryl/α,β-unsaturated/α-hetero) is 1. The molecule has 1 nitrogen and oxygen atoms in total. The summed E-state index contributed by atoms with van der Waals surface area (Å²) >= 11 is 0. The SMILES string of the molecule is Cc1ccc(CCC(=O)c2cc(F)c(F)c(F)c2)cc1C. The first-order valence-corrected chi connectivity index (χ1v) is 6.62. The van der Waals surface area contributed by atoms with Crippen molar-refractivity contribution in [3.05, 3.63) is 70.0 Å². The first-order valence-electron chi connectivity index (χ1n) is 6.62. The average molecular weight is 292 g/mol. The molecule has 0 aliphatic heterocycles. The molecule has 0 spiro atoms. The van der Waals surface area contributed by atoms with Crippen LogP contribution in [0.3, 0.4) is 0 Å². The minimum atomic E-state index is -1.55. The molecule has 0 saturated heterocycles. The van der Waals surface area contributed by atoms with Gasteiger partial charge in [0, 0.05) is 12.0 Å². The van der Waals surface area contributed by atoms with Crippen molar-refractivity contribution in [1.29, 1.82) is 0 Å². The molecule has 0 N–H and O–H groups in total. The van der Waals surface area contributed by atoms with E-state index in [1.54, 1.807) is 0 Å². The molecule has 0 aromatic heterocycles. The summed E-state index contributed by atoms with van der Waals surface area (Å²) in [7, 11) is 0. The van der Waals surface area contributed by atoms with E-state index < -0.39 is 23.2 Å². The Morgan fingerprint density at radius 2 is 1.57 bits per heavy atom. The summed E-state index contributed by atoms with van der Waals surface area (Å²) in [5.41, 5.74) is 3.12. The highest BCUT2D eigenvalue weighted by molar-refractivity contribution is 5.96. The smallest absolute Gasteiger partial charge is 0.194 e. The number of rotatable bonds is 4. The molecule has 0 fully saturated rings. The van der Waals surface area contributed by atoms with Crippen LogP contribution in [0.5, 0.6) is 0 Å². The van der Waals surface area contributed by atoms with E-state index >= 15 is 0 Å². The number of benzene rings is 2. The molecule has 0 atom stereocenters. The van der Waals surface area contributed by atoms with Gasteiger partial charge in [-0.3, -0.25) is 4.79 Å². The standard InChI is InChI=1S/C17H15F3O/c1-10-3-4-12(7-11(10)2)5-6-16(21)13-8-14(18)17(20)15(19)9-13/h3-4,7-9H,5-6H2,1-2H3. The van der Waals surface area contributed by atoms with Crippen molar-refractivity contribution in [3.8, 4) is 0 Å². The van der Waals surface area contributed by atoms with Crippen LogP contribution in [0.15, 0.2) is 30.3 Å². The van der Waals surface area contributed by atoms with Crippen molar-refractivity contribution in [1.82, 2.24) is 0 Å². The zero-order chi connectivity index (χ0) is 15.6. The van der Waals surface area contributed by atoms with Crippen LogP contribution < -0.4 is 0 Å². The second-order valence-corrected chi connectivity index (χ2v) is 5.10. The third kappa shape index (κ3) is 3.51. The Balaban J connectivity index is 2.10. The van der Waals surface area contributed by atoms with Crippen LogP contribution in [0.25, 0.3) is 0 Å². The Bertz CT molecular complexity index is 669. The number of ketones is 1. The number of halogens is 3. The highest BCUT2D eigenvalue weighted by atomic mass is 19.2. The van der Waals surface area contributed by atoms with Crippen LogP contribution in [0.2, 0.25) is 0 Å². The fraction of sp³-hybridized carbons (Fsp3) is 0.235. The Labute approximate surface area is 121 Å². The monoisotopic (exact) mass is 292 g/mol. The van der Waals surface area contributed by atoms with E-state index in [1.165, 1.54) is 0 Å². The third-order valence-electron chi connectivity index (χ3n) is 3.52. The first-order chi connectivity index (χ1) is 9.88. The third-order valence-corrected chi connectivity index (χ3v) is 3.52. The average Bonchev–Trinajstić information content (AvgIpc) is 2.45. The van der Waals surface area contributed by atoms with E-state index in [0.29, 0.717) is 6.42 Å². The Hall–Kier alpha value is -2.10. The van der Waals surface area contributed by atoms with Gasteiger partial charge in [-0.05, 0) is 49.1 Å². The molecule has 21 heavy (non-hydrogen) atoms. The molecule has 4 heteroatoms. The second-order valence-electron chi connectivity index (χ2n) is 5.10. The van der Waals surface area contributed by atoms with Gasteiger partial charge in [-0.25, -0.2) is 13.2 Å². The van der Waals surface area contributed by atoms with Crippen molar-refractivity contribution in [2.24, 2.45) is 0 Å². The largest absolute Gasteiger partial charge is 0.294 e. The van der Waals surface area contributed by atoms with Crippen LogP contribution in [0, 0.1) is 31.3 Å². The van der Waals surface area contributed by atoms with Gasteiger partial charge < -0.3 is 0 Å². The van der Waals surface area contributed by atoms with Gasteiger partial charge in [-0.15, -0.1) is 0 Å². The maximum Gasteiger partial charge on any atom is 0.194 e. The van der Waals surface area contributed by atoms with E-state index in [2.05, 4.69) is 0 Å². The van der Waals surface area contributed by atoms with Crippen molar-refractivity contribution >= 4 is 5.78 Å². The van der Waals surface area contributed by atoms with Crippen LogP contribution in [0.4, 0.5) is 13.2 Å². The molecule has 0 amide bonds. The highest BCUT2D eigenvalue weighted by Gasteiger charge is 2.15. The van der Waals surface area contributed by atoms with Gasteiger partial charge in [0.15, 0.2) is 23.2 Å². The number of carbonyl (C=O) groups is 1. The minimum Gasteiger partial charge on any atom is -0.294 e. The molecule has 0 heterocycles. The summed E-state index contributed by atoms with van der Waals surface area (Å²) < 4.78 is 39.0. The normalized spacial score (nSPS) is 10.7. The van der Waals surface area contributed by atoms with Crippen molar-refractivity contribution in [2.75, 3.05) is 0 Å². The summed E-state index contributed by atoms with van der Waals surface area (Å²) in [5, 5.41) is 0. The number of aryl methyl sites for hydroxylation is 3. The Kier molecular flexibility index (Phi) is 4.46. The fourth-order valence-electron chi connectivity index (χ4n) is 2.08. The van der Waals surface area contributed by atoms with Crippen LogP contribution >= 0.6 is 0 Å². The summed E-state index contributed by atoms with van der Waals surface area (Å²) in [5.74, 6) is -4.65. The van der Waals surface area contributed by atoms with Crippen LogP contribution in [-0.4, -0.2) is 5.78 Å². The van der Waals surface area contributed by atoms with E-state index in [4.69, 9.17) is 0 Å². The molecule has 2 aromatic carbocycles.